The maximum Gasteiger partial charge on any atom is 0.415 e. The second-order valence-corrected chi connectivity index (χ2v) is 9.22. The molecule has 2 heterocycles. The Morgan fingerprint density at radius 1 is 1.31 bits per heavy atom. The molecule has 0 spiro atoms. The molecule has 1 aromatic heterocycles. The van der Waals surface area contributed by atoms with Crippen LogP contribution in [0.25, 0.3) is 10.9 Å². The lowest BCUT2D eigenvalue weighted by Gasteiger charge is -2.27. The summed E-state index contributed by atoms with van der Waals surface area (Å²) in [4.78, 5) is 23.6. The number of carbonyl (C=O) groups excluding carboxylic acids is 1. The van der Waals surface area contributed by atoms with Gasteiger partial charge in [0.1, 0.15) is 23.5 Å². The van der Waals surface area contributed by atoms with Crippen molar-refractivity contribution in [1.29, 1.82) is 0 Å². The first-order chi connectivity index (χ1) is 16.8. The molecule has 1 atom stereocenters. The second-order valence-electron chi connectivity index (χ2n) is 9.22. The van der Waals surface area contributed by atoms with Crippen LogP contribution in [0.2, 0.25) is 0 Å². The van der Waals surface area contributed by atoms with Gasteiger partial charge in [0.15, 0.2) is 0 Å². The van der Waals surface area contributed by atoms with Crippen molar-refractivity contribution in [3.05, 3.63) is 47.8 Å². The van der Waals surface area contributed by atoms with Crippen molar-refractivity contribution < 1.29 is 14.3 Å². The Kier molecular flexibility index (Phi) is 6.70. The van der Waals surface area contributed by atoms with E-state index in [2.05, 4.69) is 48.0 Å². The number of amides is 1. The zero-order valence-corrected chi connectivity index (χ0v) is 20.8. The van der Waals surface area contributed by atoms with E-state index >= 15 is 0 Å². The third-order valence-electron chi connectivity index (χ3n) is 6.42. The molecule has 0 aliphatic carbocycles. The number of ether oxygens (including phenoxy) is 2. The van der Waals surface area contributed by atoms with E-state index in [0.717, 1.165) is 35.0 Å². The van der Waals surface area contributed by atoms with Crippen molar-refractivity contribution in [2.45, 2.75) is 46.1 Å². The Balaban J connectivity index is 1.78. The minimum absolute atomic E-state index is 0.375. The minimum Gasteiger partial charge on any atom is -0.494 e. The van der Waals surface area contributed by atoms with Crippen LogP contribution in [0.4, 0.5) is 22.0 Å². The van der Waals surface area contributed by atoms with Crippen molar-refractivity contribution >= 4 is 34.2 Å². The number of cyclic esters (lactones) is 1. The van der Waals surface area contributed by atoms with E-state index in [4.69, 9.17) is 15.2 Å². The molecule has 182 valence electrons. The van der Waals surface area contributed by atoms with Gasteiger partial charge in [0.2, 0.25) is 0 Å². The van der Waals surface area contributed by atoms with Crippen LogP contribution in [0.5, 0.6) is 5.75 Å². The van der Waals surface area contributed by atoms with Crippen LogP contribution in [0.3, 0.4) is 0 Å². The lowest BCUT2D eigenvalue weighted by molar-refractivity contribution is 0.0363. The highest BCUT2D eigenvalue weighted by Gasteiger charge is 2.45. The van der Waals surface area contributed by atoms with E-state index in [1.165, 1.54) is 6.33 Å². The fourth-order valence-electron chi connectivity index (χ4n) is 4.65. The molecule has 1 unspecified atom stereocenters. The highest BCUT2D eigenvalue weighted by Crippen LogP contribution is 2.41. The largest absolute Gasteiger partial charge is 0.494 e. The molecule has 1 aliphatic rings. The first-order valence-corrected chi connectivity index (χ1v) is 11.7. The zero-order chi connectivity index (χ0) is 25.2. The molecule has 4 rings (SSSR count). The average molecular weight is 474 g/mol. The molecule has 3 N–H and O–H groups in total. The Hall–Kier alpha value is -3.99. The van der Waals surface area contributed by atoms with Crippen molar-refractivity contribution in [3.63, 3.8) is 0 Å². The SMILES string of the molecule is CCC1(CC(C)C)CN(c2cc3c(Nc4cccc(C#CN)c4C)ncnc3cc2OC)C(=O)O1. The number of nitrogens with zero attached hydrogens (tertiary/aromatic N) is 3. The topological polar surface area (TPSA) is 103 Å². The summed E-state index contributed by atoms with van der Waals surface area (Å²) < 4.78 is 11.6. The lowest BCUT2D eigenvalue weighted by Crippen LogP contribution is -2.35. The van der Waals surface area contributed by atoms with Crippen LogP contribution >= 0.6 is 0 Å². The van der Waals surface area contributed by atoms with Crippen LogP contribution in [0, 0.1) is 24.8 Å². The fourth-order valence-corrected chi connectivity index (χ4v) is 4.65. The van der Waals surface area contributed by atoms with Gasteiger partial charge in [-0.1, -0.05) is 26.8 Å². The van der Waals surface area contributed by atoms with Crippen molar-refractivity contribution in [2.75, 3.05) is 23.9 Å². The number of nitrogens with two attached hydrogens (primary N) is 1. The quantitative estimate of drug-likeness (QED) is 0.363. The predicted molar refractivity (Wildman–Crippen MR) is 138 cm³/mol. The van der Waals surface area contributed by atoms with E-state index < -0.39 is 5.60 Å². The molecule has 35 heavy (non-hydrogen) atoms. The van der Waals surface area contributed by atoms with Crippen molar-refractivity contribution in [2.24, 2.45) is 11.7 Å². The van der Waals surface area contributed by atoms with Gasteiger partial charge in [-0.05, 0) is 55.4 Å². The Bertz CT molecular complexity index is 1330. The second kappa shape index (κ2) is 9.71. The first kappa shape index (κ1) is 24.1. The van der Waals surface area contributed by atoms with E-state index in [0.29, 0.717) is 35.2 Å². The monoisotopic (exact) mass is 473 g/mol. The number of nitrogens with one attached hydrogen (secondary N) is 1. The molecule has 3 aromatic rings. The van der Waals surface area contributed by atoms with Gasteiger partial charge in [-0.2, -0.15) is 0 Å². The highest BCUT2D eigenvalue weighted by molar-refractivity contribution is 6.00. The maximum absolute atomic E-state index is 13.0. The average Bonchev–Trinajstić information content (AvgIpc) is 3.16. The van der Waals surface area contributed by atoms with Crippen LogP contribution in [-0.2, 0) is 4.74 Å². The lowest BCUT2D eigenvalue weighted by atomic mass is 9.90. The molecule has 8 nitrogen and oxygen atoms in total. The molecule has 0 saturated carbocycles. The number of hydrogen-bond acceptors (Lipinski definition) is 7. The summed E-state index contributed by atoms with van der Waals surface area (Å²) in [6, 6.07) is 11.9. The number of rotatable bonds is 7. The molecular weight excluding hydrogens is 442 g/mol. The standard InChI is InChI=1S/C27H31N5O3/c1-6-27(14-17(2)3)15-32(26(33)35-27)23-12-20-22(13-24(23)34-5)29-16-30-25(20)31-21-9-7-8-19(10-11-28)18(21)4/h7-9,12-13,16-17H,6,14-15,28H2,1-5H3,(H,29,30,31). The summed E-state index contributed by atoms with van der Waals surface area (Å²) in [5.41, 5.74) is 8.85. The van der Waals surface area contributed by atoms with Crippen molar-refractivity contribution in [1.82, 2.24) is 9.97 Å². The predicted octanol–water partition coefficient (Wildman–Crippen LogP) is 5.11. The summed E-state index contributed by atoms with van der Waals surface area (Å²) >= 11 is 0. The van der Waals surface area contributed by atoms with E-state index in [1.54, 1.807) is 12.0 Å². The van der Waals surface area contributed by atoms with Gasteiger partial charge in [0, 0.05) is 28.7 Å². The zero-order valence-electron chi connectivity index (χ0n) is 20.8. The molecular formula is C27H31N5O3. The highest BCUT2D eigenvalue weighted by atomic mass is 16.6. The molecule has 1 aliphatic heterocycles. The number of hydrogen-bond donors (Lipinski definition) is 2. The number of benzene rings is 2. The Morgan fingerprint density at radius 2 is 2.11 bits per heavy atom. The van der Waals surface area contributed by atoms with Crippen LogP contribution < -0.4 is 20.7 Å². The molecule has 2 aromatic carbocycles. The number of methoxy groups -OCH3 is 1. The molecule has 1 fully saturated rings. The number of anilines is 3. The third-order valence-corrected chi connectivity index (χ3v) is 6.42. The van der Waals surface area contributed by atoms with Gasteiger partial charge in [0.05, 0.1) is 24.9 Å². The van der Waals surface area contributed by atoms with Crippen LogP contribution in [0.1, 0.15) is 44.7 Å². The summed E-state index contributed by atoms with van der Waals surface area (Å²) in [6.45, 7) is 8.75. The molecule has 1 amide bonds. The van der Waals surface area contributed by atoms with Gasteiger partial charge >= 0.3 is 6.09 Å². The van der Waals surface area contributed by atoms with Gasteiger partial charge in [0.25, 0.3) is 0 Å². The van der Waals surface area contributed by atoms with E-state index in [9.17, 15) is 4.79 Å². The minimum atomic E-state index is -0.527. The van der Waals surface area contributed by atoms with Crippen molar-refractivity contribution in [3.8, 4) is 17.7 Å². The Morgan fingerprint density at radius 3 is 2.80 bits per heavy atom. The van der Waals surface area contributed by atoms with Gasteiger partial charge < -0.3 is 20.5 Å². The third kappa shape index (κ3) is 4.67. The number of aromatic nitrogens is 2. The van der Waals surface area contributed by atoms with E-state index in [1.807, 2.05) is 37.3 Å². The van der Waals surface area contributed by atoms with Gasteiger partial charge in [-0.25, -0.2) is 14.8 Å². The van der Waals surface area contributed by atoms with Gasteiger partial charge in [-0.15, -0.1) is 0 Å². The van der Waals surface area contributed by atoms with E-state index in [-0.39, 0.29) is 6.09 Å². The number of carbonyl (C=O) groups is 1. The molecule has 8 heteroatoms. The smallest absolute Gasteiger partial charge is 0.415 e. The Labute approximate surface area is 205 Å². The fraction of sp³-hybridized carbons (Fsp3) is 0.370. The molecule has 1 saturated heterocycles. The van der Waals surface area contributed by atoms with Crippen LogP contribution in [-0.4, -0.2) is 35.3 Å². The number of fused-ring (bicyclic) bond motifs is 1. The maximum atomic E-state index is 13.0. The summed E-state index contributed by atoms with van der Waals surface area (Å²) in [6.07, 6.45) is 2.65. The van der Waals surface area contributed by atoms with Gasteiger partial charge in [-0.3, -0.25) is 4.90 Å². The van der Waals surface area contributed by atoms with Crippen LogP contribution in [0.15, 0.2) is 36.7 Å². The molecule has 0 radical (unpaired) electrons. The summed E-state index contributed by atoms with van der Waals surface area (Å²) in [7, 11) is 1.58. The first-order valence-electron chi connectivity index (χ1n) is 11.7. The summed E-state index contributed by atoms with van der Waals surface area (Å²) in [5.74, 6) is 4.46. The summed E-state index contributed by atoms with van der Waals surface area (Å²) in [5, 5.41) is 4.15. The normalized spacial score (nSPS) is 17.3. The molecule has 0 bridgehead atoms.